The predicted molar refractivity (Wildman–Crippen MR) is 307 cm³/mol. The minimum absolute atomic E-state index is 0. The standard InChI is InChI=1S/C61H95N3O17.2H2/c1-4-5-22-46(41-55(71)53(63-43(3)66)37-44-26-30-49(67)31-27-44)54(70)40-45(42(2)65)23-20-21-36-62-56(72)34-28-47(59(76)77)39-51(69)32-33-52(61(80)81)64-57(73)35-29-48(60(78)79)38-50(68)24-18-16-14-12-10-8-6-7-9-11-13-15-17-19-25-58(74)75;;/h26-27,30-31,45-48,52-53,67H,4-25,28-29,32-41H2,1-3H3,(H,62,72)(H,63,66)(H,64,73)(H,74,75)(H,76,77)(H,78,79)(H,80,81);2*1H/t45-,46-,47-,48-,52+,53-;;/m1../s1. The molecule has 0 heterocycles. The van der Waals surface area contributed by atoms with Gasteiger partial charge in [0.2, 0.25) is 17.7 Å². The van der Waals surface area contributed by atoms with Crippen LogP contribution in [0.4, 0.5) is 0 Å². The molecule has 0 aromatic heterocycles. The lowest BCUT2D eigenvalue weighted by Crippen LogP contribution is -2.42. The zero-order valence-electron chi connectivity index (χ0n) is 48.5. The number of carboxylic acid groups (broad SMARTS) is 4. The number of Topliss-reactive ketones (excluding diaryl/α,β-unsaturated/α-hetero) is 5. The molecule has 0 saturated heterocycles. The second-order valence-electron chi connectivity index (χ2n) is 21.9. The van der Waals surface area contributed by atoms with Crippen molar-refractivity contribution in [2.24, 2.45) is 23.7 Å². The van der Waals surface area contributed by atoms with Crippen LogP contribution in [0.2, 0.25) is 0 Å². The number of carbonyl (C=O) groups is 12. The van der Waals surface area contributed by atoms with Crippen molar-refractivity contribution in [3.05, 3.63) is 29.8 Å². The summed E-state index contributed by atoms with van der Waals surface area (Å²) in [6.45, 7) is 4.84. The smallest absolute Gasteiger partial charge is 0.326 e. The summed E-state index contributed by atoms with van der Waals surface area (Å²) in [7, 11) is 0. The largest absolute Gasteiger partial charge is 0.508 e. The van der Waals surface area contributed by atoms with Crippen molar-refractivity contribution in [2.75, 3.05) is 6.54 Å². The van der Waals surface area contributed by atoms with E-state index in [1.807, 2.05) is 6.92 Å². The third-order valence-corrected chi connectivity index (χ3v) is 14.8. The van der Waals surface area contributed by atoms with Gasteiger partial charge in [0.05, 0.1) is 17.9 Å². The molecule has 0 fully saturated rings. The first-order chi connectivity index (χ1) is 38.5. The van der Waals surface area contributed by atoms with E-state index in [0.717, 1.165) is 64.2 Å². The molecule has 20 nitrogen and oxygen atoms in total. The van der Waals surface area contributed by atoms with Crippen LogP contribution in [-0.2, 0) is 64.0 Å². The average Bonchev–Trinajstić information content (AvgIpc) is 3.40. The van der Waals surface area contributed by atoms with Crippen molar-refractivity contribution >= 4 is 70.5 Å². The number of hydrogen-bond donors (Lipinski definition) is 8. The number of aliphatic carboxylic acids is 4. The van der Waals surface area contributed by atoms with E-state index in [1.54, 1.807) is 12.1 Å². The summed E-state index contributed by atoms with van der Waals surface area (Å²) in [4.78, 5) is 149. The molecule has 20 heteroatoms. The fourth-order valence-corrected chi connectivity index (χ4v) is 9.80. The first-order valence-corrected chi connectivity index (χ1v) is 29.6. The monoisotopic (exact) mass is 1150 g/mol. The summed E-state index contributed by atoms with van der Waals surface area (Å²) in [6.07, 6.45) is 15.4. The van der Waals surface area contributed by atoms with Gasteiger partial charge in [-0.2, -0.15) is 0 Å². The topological polar surface area (TPSA) is 342 Å². The van der Waals surface area contributed by atoms with E-state index in [-0.39, 0.29) is 109 Å². The van der Waals surface area contributed by atoms with Gasteiger partial charge in [0, 0.05) is 85.9 Å². The maximum absolute atomic E-state index is 13.7. The maximum Gasteiger partial charge on any atom is 0.326 e. The molecule has 0 bridgehead atoms. The van der Waals surface area contributed by atoms with E-state index in [2.05, 4.69) is 16.0 Å². The number of unbranched alkanes of at least 4 members (excludes halogenated alkanes) is 15. The van der Waals surface area contributed by atoms with Gasteiger partial charge in [-0.3, -0.25) is 52.7 Å². The first kappa shape index (κ1) is 72.7. The Morgan fingerprint density at radius 2 is 0.926 bits per heavy atom. The van der Waals surface area contributed by atoms with E-state index in [1.165, 1.54) is 51.7 Å². The number of carbonyl (C=O) groups excluding carboxylic acids is 8. The molecule has 6 atom stereocenters. The van der Waals surface area contributed by atoms with Gasteiger partial charge in [-0.1, -0.05) is 115 Å². The van der Waals surface area contributed by atoms with Crippen LogP contribution in [0.15, 0.2) is 24.3 Å². The third-order valence-electron chi connectivity index (χ3n) is 14.8. The summed E-state index contributed by atoms with van der Waals surface area (Å²) < 4.78 is 0. The number of phenols is 1. The van der Waals surface area contributed by atoms with Crippen LogP contribution in [0.1, 0.15) is 235 Å². The fraction of sp³-hybridized carbons (Fsp3) is 0.705. The molecule has 0 unspecified atom stereocenters. The Balaban J connectivity index is 0. The summed E-state index contributed by atoms with van der Waals surface area (Å²) >= 11 is 0. The highest BCUT2D eigenvalue weighted by Crippen LogP contribution is 2.25. The van der Waals surface area contributed by atoms with Crippen LogP contribution in [0.5, 0.6) is 5.75 Å². The van der Waals surface area contributed by atoms with Gasteiger partial charge in [0.15, 0.2) is 5.78 Å². The molecule has 0 aliphatic rings. The Hall–Kier alpha value is -6.34. The molecule has 1 aromatic rings. The van der Waals surface area contributed by atoms with E-state index < -0.39 is 96.0 Å². The molecule has 8 N–H and O–H groups in total. The van der Waals surface area contributed by atoms with Crippen LogP contribution in [0.25, 0.3) is 0 Å². The minimum atomic E-state index is -1.52. The first-order valence-electron chi connectivity index (χ1n) is 29.6. The highest BCUT2D eigenvalue weighted by Gasteiger charge is 2.31. The van der Waals surface area contributed by atoms with Crippen LogP contribution in [0, 0.1) is 23.7 Å². The van der Waals surface area contributed by atoms with Crippen molar-refractivity contribution in [3.8, 4) is 5.75 Å². The van der Waals surface area contributed by atoms with Gasteiger partial charge in [0.1, 0.15) is 34.9 Å². The van der Waals surface area contributed by atoms with E-state index in [4.69, 9.17) is 5.11 Å². The molecule has 460 valence electrons. The van der Waals surface area contributed by atoms with Gasteiger partial charge in [-0.15, -0.1) is 0 Å². The number of amides is 3. The summed E-state index contributed by atoms with van der Waals surface area (Å²) in [5, 5.41) is 55.3. The van der Waals surface area contributed by atoms with Gasteiger partial charge in [-0.25, -0.2) is 4.79 Å². The molecule has 3 amide bonds. The normalized spacial score (nSPS) is 13.4. The maximum atomic E-state index is 13.7. The Kier molecular flexibility index (Phi) is 38.9. The summed E-state index contributed by atoms with van der Waals surface area (Å²) in [5.41, 5.74) is 0.711. The number of nitrogens with one attached hydrogen (secondary N) is 3. The van der Waals surface area contributed by atoms with Crippen molar-refractivity contribution in [1.29, 1.82) is 0 Å². The molecule has 81 heavy (non-hydrogen) atoms. The van der Waals surface area contributed by atoms with Crippen LogP contribution in [0.3, 0.4) is 0 Å². The molecule has 0 saturated carbocycles. The number of hydrogen-bond acceptors (Lipinski definition) is 13. The lowest BCUT2D eigenvalue weighted by atomic mass is 9.83. The zero-order chi connectivity index (χ0) is 60.5. The van der Waals surface area contributed by atoms with Gasteiger partial charge < -0.3 is 41.5 Å². The number of rotatable bonds is 52. The summed E-state index contributed by atoms with van der Waals surface area (Å²) in [6, 6.07) is 3.84. The third kappa shape index (κ3) is 36.6. The van der Waals surface area contributed by atoms with E-state index in [0.29, 0.717) is 44.1 Å². The molecule has 1 rings (SSSR count). The van der Waals surface area contributed by atoms with Gasteiger partial charge in [-0.05, 0) is 82.4 Å². The number of carboxylic acids is 4. The van der Waals surface area contributed by atoms with Crippen molar-refractivity contribution < 1.29 is 85.9 Å². The van der Waals surface area contributed by atoms with Crippen LogP contribution >= 0.6 is 0 Å². The highest BCUT2D eigenvalue weighted by molar-refractivity contribution is 5.94. The molecular weight excluding hydrogens is 1050 g/mol. The molecule has 1 aromatic carbocycles. The zero-order valence-corrected chi connectivity index (χ0v) is 48.5. The van der Waals surface area contributed by atoms with E-state index >= 15 is 0 Å². The number of phenolic OH excluding ortho intramolecular Hbond substituents is 1. The SMILES string of the molecule is CCCC[C@H](CC(=O)[C@@H](Cc1ccc(O)cc1)NC(C)=O)C(=O)C[C@@H](CCCCNC(=O)CC[C@H](CC(=O)CC[C@H](NC(=O)CC[C@H](CC(=O)CCCCCCCCCCCCCCCCC(=O)O)C(=O)O)C(=O)O)C(=O)O)C(C)=O.[HH].[HH]. The Morgan fingerprint density at radius 1 is 0.444 bits per heavy atom. The molecule has 0 aliphatic heterocycles. The van der Waals surface area contributed by atoms with Crippen molar-refractivity contribution in [3.63, 3.8) is 0 Å². The molecule has 0 radical (unpaired) electrons. The average molecular weight is 1150 g/mol. The number of ketones is 5. The quantitative estimate of drug-likeness (QED) is 0.0281. The van der Waals surface area contributed by atoms with Gasteiger partial charge in [0.25, 0.3) is 0 Å². The lowest BCUT2D eigenvalue weighted by Gasteiger charge is -2.22. The molecule has 0 aliphatic carbocycles. The molecule has 0 spiro atoms. The Labute approximate surface area is 481 Å². The van der Waals surface area contributed by atoms with Crippen LogP contribution in [-0.4, -0.2) is 115 Å². The predicted octanol–water partition coefficient (Wildman–Crippen LogP) is 9.70. The Bertz CT molecular complexity index is 2160. The second-order valence-corrected chi connectivity index (χ2v) is 21.9. The molecular formula is C61H99N3O17. The highest BCUT2D eigenvalue weighted by atomic mass is 16.4. The lowest BCUT2D eigenvalue weighted by molar-refractivity contribution is -0.145. The Morgan fingerprint density at radius 3 is 1.41 bits per heavy atom. The number of benzene rings is 1. The summed E-state index contributed by atoms with van der Waals surface area (Å²) in [5.74, 6) is -11.6. The number of aromatic hydroxyl groups is 1. The second kappa shape index (κ2) is 43.4. The fourth-order valence-electron chi connectivity index (χ4n) is 9.80. The van der Waals surface area contributed by atoms with Crippen molar-refractivity contribution in [2.45, 2.75) is 245 Å². The van der Waals surface area contributed by atoms with Gasteiger partial charge >= 0.3 is 23.9 Å². The minimum Gasteiger partial charge on any atom is -0.508 e. The van der Waals surface area contributed by atoms with E-state index in [9.17, 15) is 78.0 Å². The van der Waals surface area contributed by atoms with Crippen molar-refractivity contribution in [1.82, 2.24) is 16.0 Å². The van der Waals surface area contributed by atoms with Crippen LogP contribution < -0.4 is 16.0 Å².